The molecule has 2 aliphatic carbocycles. The number of piperidine rings is 1. The number of halogens is 2. The number of aromatic nitrogens is 2. The summed E-state index contributed by atoms with van der Waals surface area (Å²) in [6.45, 7) is 1.14. The molecular formula is C27H23Cl2N3O4S. The molecule has 3 aliphatic rings. The zero-order valence-electron chi connectivity index (χ0n) is 19.7. The number of fused-ring (bicyclic) bond motifs is 3. The second-order valence-electron chi connectivity index (χ2n) is 10.1. The molecular weight excluding hydrogens is 533 g/mol. The van der Waals surface area contributed by atoms with E-state index in [-0.39, 0.29) is 12.1 Å². The highest BCUT2D eigenvalue weighted by Gasteiger charge is 2.47. The maximum absolute atomic E-state index is 12.0. The Morgan fingerprint density at radius 2 is 2.00 bits per heavy atom. The van der Waals surface area contributed by atoms with E-state index in [0.29, 0.717) is 45.3 Å². The highest BCUT2D eigenvalue weighted by molar-refractivity contribution is 7.17. The van der Waals surface area contributed by atoms with Crippen LogP contribution >= 0.6 is 34.5 Å². The number of benzene rings is 2. The van der Waals surface area contributed by atoms with Crippen molar-refractivity contribution < 1.29 is 19.2 Å². The molecule has 2 aromatic heterocycles. The largest absolute Gasteiger partial charge is 0.478 e. The Morgan fingerprint density at radius 3 is 2.70 bits per heavy atom. The average molecular weight is 556 g/mol. The van der Waals surface area contributed by atoms with Crippen LogP contribution in [0.25, 0.3) is 21.5 Å². The SMILES string of the molecule is O=C(O)c1ccc2ncsc2c1N1C[C@H]2C[C@@H]1C[C@@H]2OCc1c(-c2c(Cl)cccc2Cl)noc1C1CC1. The lowest BCUT2D eigenvalue weighted by atomic mass is 10.0. The van der Waals surface area contributed by atoms with Crippen LogP contribution in [0.5, 0.6) is 0 Å². The van der Waals surface area contributed by atoms with E-state index >= 15 is 0 Å². The molecule has 1 saturated heterocycles. The fourth-order valence-electron chi connectivity index (χ4n) is 5.99. The van der Waals surface area contributed by atoms with Gasteiger partial charge in [0.05, 0.1) is 49.7 Å². The third-order valence-corrected chi connectivity index (χ3v) is 9.35. The Hall–Kier alpha value is -2.65. The zero-order valence-corrected chi connectivity index (χ0v) is 22.0. The van der Waals surface area contributed by atoms with Gasteiger partial charge in [-0.2, -0.15) is 0 Å². The summed E-state index contributed by atoms with van der Waals surface area (Å²) in [6.07, 6.45) is 4.05. The molecule has 0 radical (unpaired) electrons. The minimum atomic E-state index is -0.910. The molecule has 2 saturated carbocycles. The molecule has 0 spiro atoms. The molecule has 1 aliphatic heterocycles. The van der Waals surface area contributed by atoms with Crippen LogP contribution in [-0.4, -0.2) is 39.9 Å². The Balaban J connectivity index is 1.13. The van der Waals surface area contributed by atoms with Gasteiger partial charge >= 0.3 is 5.97 Å². The lowest BCUT2D eigenvalue weighted by Gasteiger charge is -2.34. The van der Waals surface area contributed by atoms with Crippen LogP contribution in [-0.2, 0) is 11.3 Å². The number of aromatic carboxylic acids is 1. The minimum absolute atomic E-state index is 0.0757. The highest BCUT2D eigenvalue weighted by Crippen LogP contribution is 2.48. The molecule has 7 rings (SSSR count). The van der Waals surface area contributed by atoms with Crippen molar-refractivity contribution in [2.75, 3.05) is 11.4 Å². The van der Waals surface area contributed by atoms with E-state index in [9.17, 15) is 9.90 Å². The molecule has 0 unspecified atom stereocenters. The van der Waals surface area contributed by atoms with Crippen molar-refractivity contribution in [2.24, 2.45) is 5.92 Å². The molecule has 3 fully saturated rings. The third kappa shape index (κ3) is 3.93. The number of nitrogens with zero attached hydrogens (tertiary/aromatic N) is 3. The quantitative estimate of drug-likeness (QED) is 0.262. The van der Waals surface area contributed by atoms with Crippen LogP contribution < -0.4 is 4.90 Å². The fourth-order valence-corrected chi connectivity index (χ4v) is 7.42. The highest BCUT2D eigenvalue weighted by atomic mass is 35.5. The fraction of sp³-hybridized carbons (Fsp3) is 0.370. The van der Waals surface area contributed by atoms with Crippen molar-refractivity contribution in [1.82, 2.24) is 10.1 Å². The van der Waals surface area contributed by atoms with E-state index in [1.807, 2.05) is 6.07 Å². The van der Waals surface area contributed by atoms with E-state index in [4.69, 9.17) is 32.5 Å². The molecule has 4 aromatic rings. The molecule has 7 nitrogen and oxygen atoms in total. The van der Waals surface area contributed by atoms with Crippen LogP contribution in [0.3, 0.4) is 0 Å². The smallest absolute Gasteiger partial charge is 0.337 e. The molecule has 37 heavy (non-hydrogen) atoms. The third-order valence-electron chi connectivity index (χ3n) is 7.88. The Bertz CT molecular complexity index is 1510. The van der Waals surface area contributed by atoms with Gasteiger partial charge in [-0.25, -0.2) is 9.78 Å². The van der Waals surface area contributed by atoms with Crippen LogP contribution in [0.2, 0.25) is 10.0 Å². The summed E-state index contributed by atoms with van der Waals surface area (Å²) >= 11 is 14.5. The number of rotatable bonds is 7. The standard InChI is InChI=1S/C27H23Cl2N3O4S/c28-18-2-1-3-19(29)22(18)23-17(25(36-31-23)13-4-5-13)11-35-21-9-15-8-14(21)10-32(15)24-16(27(33)34)6-7-20-26(24)37-12-30-20/h1-3,6-7,12-15,21H,4-5,8-11H2,(H,33,34)/t14-,15-,21+/m1/s1. The molecule has 3 atom stereocenters. The van der Waals surface area contributed by atoms with Crippen LogP contribution in [0.15, 0.2) is 40.4 Å². The summed E-state index contributed by atoms with van der Waals surface area (Å²) in [6, 6.07) is 9.11. The number of carboxylic acid groups (broad SMARTS) is 1. The molecule has 2 aromatic carbocycles. The number of hydrogen-bond acceptors (Lipinski definition) is 7. The van der Waals surface area contributed by atoms with Gasteiger partial charge in [-0.3, -0.25) is 0 Å². The second-order valence-corrected chi connectivity index (χ2v) is 11.8. The molecule has 2 bridgehead atoms. The van der Waals surface area contributed by atoms with Crippen molar-refractivity contribution in [2.45, 2.75) is 50.4 Å². The van der Waals surface area contributed by atoms with Crippen molar-refractivity contribution in [3.8, 4) is 11.3 Å². The van der Waals surface area contributed by atoms with Crippen molar-refractivity contribution in [1.29, 1.82) is 0 Å². The first-order chi connectivity index (χ1) is 18.0. The van der Waals surface area contributed by atoms with Crippen molar-refractivity contribution in [3.05, 3.63) is 62.8 Å². The maximum Gasteiger partial charge on any atom is 0.337 e. The number of hydrogen-bond donors (Lipinski definition) is 1. The van der Waals surface area contributed by atoms with Crippen LogP contribution in [0.1, 0.15) is 53.3 Å². The van der Waals surface area contributed by atoms with E-state index in [0.717, 1.165) is 59.5 Å². The van der Waals surface area contributed by atoms with Crippen molar-refractivity contribution in [3.63, 3.8) is 0 Å². The number of carboxylic acids is 1. The summed E-state index contributed by atoms with van der Waals surface area (Å²) in [4.78, 5) is 18.7. The Labute approximate surface area is 226 Å². The normalized spacial score (nSPS) is 22.9. The van der Waals surface area contributed by atoms with Gasteiger partial charge in [0.25, 0.3) is 0 Å². The van der Waals surface area contributed by atoms with Gasteiger partial charge in [0.2, 0.25) is 0 Å². The first kappa shape index (κ1) is 23.5. The predicted molar refractivity (Wildman–Crippen MR) is 143 cm³/mol. The zero-order chi connectivity index (χ0) is 25.3. The lowest BCUT2D eigenvalue weighted by molar-refractivity contribution is 0.0123. The van der Waals surface area contributed by atoms with Gasteiger partial charge in [0.15, 0.2) is 0 Å². The van der Waals surface area contributed by atoms with E-state index < -0.39 is 5.97 Å². The monoisotopic (exact) mass is 555 g/mol. The summed E-state index contributed by atoms with van der Waals surface area (Å²) in [5.41, 5.74) is 6.01. The Morgan fingerprint density at radius 1 is 1.19 bits per heavy atom. The van der Waals surface area contributed by atoms with Crippen LogP contribution in [0, 0.1) is 5.92 Å². The van der Waals surface area contributed by atoms with Gasteiger partial charge in [0.1, 0.15) is 11.5 Å². The minimum Gasteiger partial charge on any atom is -0.478 e. The second kappa shape index (κ2) is 8.98. The van der Waals surface area contributed by atoms with Gasteiger partial charge < -0.3 is 19.3 Å². The van der Waals surface area contributed by atoms with Gasteiger partial charge in [-0.15, -0.1) is 11.3 Å². The summed E-state index contributed by atoms with van der Waals surface area (Å²) < 4.78 is 13.3. The number of thiazole rings is 1. The average Bonchev–Trinajstić information content (AvgIpc) is 3.23. The summed E-state index contributed by atoms with van der Waals surface area (Å²) in [5.74, 6) is 0.641. The molecule has 3 heterocycles. The van der Waals surface area contributed by atoms with Crippen LogP contribution in [0.4, 0.5) is 5.69 Å². The molecule has 190 valence electrons. The molecule has 1 N–H and O–H groups in total. The number of carbonyl (C=O) groups is 1. The topological polar surface area (TPSA) is 88.7 Å². The van der Waals surface area contributed by atoms with E-state index in [1.165, 1.54) is 11.3 Å². The van der Waals surface area contributed by atoms with E-state index in [2.05, 4.69) is 15.0 Å². The first-order valence-corrected chi connectivity index (χ1v) is 14.0. The maximum atomic E-state index is 12.0. The van der Waals surface area contributed by atoms with Gasteiger partial charge in [-0.05, 0) is 49.9 Å². The lowest BCUT2D eigenvalue weighted by Crippen LogP contribution is -2.39. The van der Waals surface area contributed by atoms with Gasteiger partial charge in [0, 0.05) is 35.5 Å². The number of ether oxygens (including phenoxy) is 1. The predicted octanol–water partition coefficient (Wildman–Crippen LogP) is 7.02. The number of anilines is 1. The Kier molecular flexibility index (Phi) is 5.69. The summed E-state index contributed by atoms with van der Waals surface area (Å²) in [5, 5.41) is 15.3. The molecule has 0 amide bonds. The van der Waals surface area contributed by atoms with Crippen molar-refractivity contribution >= 4 is 56.4 Å². The first-order valence-electron chi connectivity index (χ1n) is 12.4. The molecule has 10 heteroatoms. The van der Waals surface area contributed by atoms with E-state index in [1.54, 1.807) is 29.8 Å². The summed E-state index contributed by atoms with van der Waals surface area (Å²) in [7, 11) is 0. The van der Waals surface area contributed by atoms with Gasteiger partial charge in [-0.1, -0.05) is 34.4 Å².